The molecule has 0 fully saturated rings. The van der Waals surface area contributed by atoms with Crippen molar-refractivity contribution in [3.05, 3.63) is 17.6 Å². The SMILES string of the molecule is CCC(C)CC(C)Nc1cc(C)nc(C(=O)OC)n1. The number of carbonyl (C=O) groups is 1. The van der Waals surface area contributed by atoms with Gasteiger partial charge in [-0.2, -0.15) is 0 Å². The van der Waals surface area contributed by atoms with Gasteiger partial charge in [-0.25, -0.2) is 14.8 Å². The molecule has 19 heavy (non-hydrogen) atoms. The third kappa shape index (κ3) is 4.85. The summed E-state index contributed by atoms with van der Waals surface area (Å²) in [5.74, 6) is 0.913. The molecule has 0 saturated heterocycles. The van der Waals surface area contributed by atoms with Crippen molar-refractivity contribution in [3.63, 3.8) is 0 Å². The predicted octanol–water partition coefficient (Wildman–Crippen LogP) is 2.81. The monoisotopic (exact) mass is 265 g/mol. The van der Waals surface area contributed by atoms with Gasteiger partial charge >= 0.3 is 5.97 Å². The highest BCUT2D eigenvalue weighted by atomic mass is 16.5. The lowest BCUT2D eigenvalue weighted by Gasteiger charge is -2.18. The largest absolute Gasteiger partial charge is 0.463 e. The van der Waals surface area contributed by atoms with Crippen molar-refractivity contribution in [2.45, 2.75) is 46.6 Å². The zero-order valence-corrected chi connectivity index (χ0v) is 12.4. The van der Waals surface area contributed by atoms with E-state index in [9.17, 15) is 4.79 Å². The third-order valence-corrected chi connectivity index (χ3v) is 3.07. The first kappa shape index (κ1) is 15.4. The van der Waals surface area contributed by atoms with Crippen molar-refractivity contribution in [1.82, 2.24) is 9.97 Å². The van der Waals surface area contributed by atoms with E-state index in [1.54, 1.807) is 0 Å². The maximum absolute atomic E-state index is 11.5. The van der Waals surface area contributed by atoms with Crippen LogP contribution in [0.5, 0.6) is 0 Å². The fourth-order valence-electron chi connectivity index (χ4n) is 1.91. The van der Waals surface area contributed by atoms with Crippen LogP contribution >= 0.6 is 0 Å². The summed E-state index contributed by atoms with van der Waals surface area (Å²) in [6.45, 7) is 8.35. The second-order valence-electron chi connectivity index (χ2n) is 5.00. The van der Waals surface area contributed by atoms with E-state index in [-0.39, 0.29) is 5.82 Å². The Hall–Kier alpha value is -1.65. The minimum Gasteiger partial charge on any atom is -0.463 e. The minimum absolute atomic E-state index is 0.0979. The first-order valence-electron chi connectivity index (χ1n) is 6.66. The molecule has 1 aromatic heterocycles. The van der Waals surface area contributed by atoms with Crippen LogP contribution in [0.3, 0.4) is 0 Å². The van der Waals surface area contributed by atoms with Crippen LogP contribution in [0.4, 0.5) is 5.82 Å². The lowest BCUT2D eigenvalue weighted by molar-refractivity contribution is 0.0586. The summed E-state index contributed by atoms with van der Waals surface area (Å²) in [7, 11) is 1.33. The molecule has 0 bridgehead atoms. The molecule has 0 aliphatic rings. The first-order chi connectivity index (χ1) is 8.96. The van der Waals surface area contributed by atoms with Crippen molar-refractivity contribution in [3.8, 4) is 0 Å². The van der Waals surface area contributed by atoms with Gasteiger partial charge in [0.25, 0.3) is 0 Å². The van der Waals surface area contributed by atoms with Crippen LogP contribution in [0.25, 0.3) is 0 Å². The Morgan fingerprint density at radius 2 is 2.11 bits per heavy atom. The van der Waals surface area contributed by atoms with Crippen molar-refractivity contribution in [2.24, 2.45) is 5.92 Å². The van der Waals surface area contributed by atoms with Gasteiger partial charge in [-0.1, -0.05) is 20.3 Å². The fraction of sp³-hybridized carbons (Fsp3) is 0.643. The van der Waals surface area contributed by atoms with Crippen LogP contribution < -0.4 is 5.32 Å². The average Bonchev–Trinajstić information content (AvgIpc) is 2.36. The number of nitrogens with one attached hydrogen (secondary N) is 1. The van der Waals surface area contributed by atoms with Crippen LogP contribution in [0.2, 0.25) is 0 Å². The van der Waals surface area contributed by atoms with E-state index in [1.165, 1.54) is 7.11 Å². The molecule has 0 spiro atoms. The molecule has 0 radical (unpaired) electrons. The van der Waals surface area contributed by atoms with Crippen LogP contribution in [-0.2, 0) is 4.74 Å². The highest BCUT2D eigenvalue weighted by Crippen LogP contribution is 2.14. The topological polar surface area (TPSA) is 64.1 Å². The first-order valence-corrected chi connectivity index (χ1v) is 6.66. The number of aromatic nitrogens is 2. The highest BCUT2D eigenvalue weighted by molar-refractivity contribution is 5.85. The van der Waals surface area contributed by atoms with E-state index >= 15 is 0 Å². The van der Waals surface area contributed by atoms with Crippen LogP contribution in [0.1, 0.15) is 49.9 Å². The molecule has 2 atom stereocenters. The number of carbonyl (C=O) groups excluding carboxylic acids is 1. The molecular weight excluding hydrogens is 242 g/mol. The number of hydrogen-bond donors (Lipinski definition) is 1. The van der Waals surface area contributed by atoms with Crippen molar-refractivity contribution >= 4 is 11.8 Å². The van der Waals surface area contributed by atoms with E-state index in [4.69, 9.17) is 0 Å². The summed E-state index contributed by atoms with van der Waals surface area (Å²) in [4.78, 5) is 19.7. The molecular formula is C14H23N3O2. The van der Waals surface area contributed by atoms with Gasteiger partial charge in [0.15, 0.2) is 0 Å². The van der Waals surface area contributed by atoms with E-state index in [2.05, 4.69) is 40.8 Å². The van der Waals surface area contributed by atoms with Gasteiger partial charge in [0.1, 0.15) is 5.82 Å². The Labute approximate surface area is 114 Å². The van der Waals surface area contributed by atoms with Gasteiger partial charge in [-0.15, -0.1) is 0 Å². The minimum atomic E-state index is -0.513. The summed E-state index contributed by atoms with van der Waals surface area (Å²) in [5, 5.41) is 3.31. The van der Waals surface area contributed by atoms with Crippen LogP contribution in [0, 0.1) is 12.8 Å². The van der Waals surface area contributed by atoms with Gasteiger partial charge in [0, 0.05) is 17.8 Å². The molecule has 2 unspecified atom stereocenters. The van der Waals surface area contributed by atoms with Crippen LogP contribution in [-0.4, -0.2) is 29.1 Å². The normalized spacial score (nSPS) is 13.7. The molecule has 0 amide bonds. The van der Waals surface area contributed by atoms with Gasteiger partial charge in [-0.3, -0.25) is 0 Å². The molecule has 1 N–H and O–H groups in total. The van der Waals surface area contributed by atoms with E-state index < -0.39 is 5.97 Å². The number of aryl methyl sites for hydroxylation is 1. The smallest absolute Gasteiger partial charge is 0.376 e. The number of esters is 1. The number of hydrogen-bond acceptors (Lipinski definition) is 5. The van der Waals surface area contributed by atoms with Gasteiger partial charge in [-0.05, 0) is 26.2 Å². The number of anilines is 1. The average molecular weight is 265 g/mol. The second kappa shape index (κ2) is 7.07. The zero-order chi connectivity index (χ0) is 14.4. The van der Waals surface area contributed by atoms with Gasteiger partial charge < -0.3 is 10.1 Å². The number of rotatable bonds is 6. The molecule has 1 heterocycles. The van der Waals surface area contributed by atoms with Crippen LogP contribution in [0.15, 0.2) is 6.07 Å². The Bertz CT molecular complexity index is 435. The molecule has 0 aromatic carbocycles. The highest BCUT2D eigenvalue weighted by Gasteiger charge is 2.13. The maximum Gasteiger partial charge on any atom is 0.376 e. The second-order valence-corrected chi connectivity index (χ2v) is 5.00. The quantitative estimate of drug-likeness (QED) is 0.801. The lowest BCUT2D eigenvalue weighted by Crippen LogP contribution is -2.20. The van der Waals surface area contributed by atoms with Gasteiger partial charge in [0.2, 0.25) is 5.82 Å². The van der Waals surface area contributed by atoms with E-state index in [1.807, 2.05) is 13.0 Å². The molecule has 1 rings (SSSR count). The molecule has 0 aliphatic heterocycles. The van der Waals surface area contributed by atoms with Gasteiger partial charge in [0.05, 0.1) is 7.11 Å². The Morgan fingerprint density at radius 1 is 1.42 bits per heavy atom. The number of methoxy groups -OCH3 is 1. The molecule has 106 valence electrons. The van der Waals surface area contributed by atoms with Crippen molar-refractivity contribution in [1.29, 1.82) is 0 Å². The van der Waals surface area contributed by atoms with Crippen molar-refractivity contribution in [2.75, 3.05) is 12.4 Å². The molecule has 1 aromatic rings. The summed E-state index contributed by atoms with van der Waals surface area (Å²) in [5.41, 5.74) is 0.744. The summed E-state index contributed by atoms with van der Waals surface area (Å²) >= 11 is 0. The Balaban J connectivity index is 2.78. The predicted molar refractivity (Wildman–Crippen MR) is 75.3 cm³/mol. The molecule has 5 nitrogen and oxygen atoms in total. The summed E-state index contributed by atoms with van der Waals surface area (Å²) < 4.78 is 4.64. The fourth-order valence-corrected chi connectivity index (χ4v) is 1.91. The van der Waals surface area contributed by atoms with Crippen molar-refractivity contribution < 1.29 is 9.53 Å². The third-order valence-electron chi connectivity index (χ3n) is 3.07. The maximum atomic E-state index is 11.5. The number of ether oxygens (including phenoxy) is 1. The summed E-state index contributed by atoms with van der Waals surface area (Å²) in [6, 6.07) is 2.13. The molecule has 0 saturated carbocycles. The molecule has 0 aliphatic carbocycles. The lowest BCUT2D eigenvalue weighted by atomic mass is 10.0. The standard InChI is InChI=1S/C14H23N3O2/c1-6-9(2)7-10(3)15-12-8-11(4)16-13(17-12)14(18)19-5/h8-10H,6-7H2,1-5H3,(H,15,16,17). The summed E-state index contributed by atoms with van der Waals surface area (Å²) in [6.07, 6.45) is 2.22. The van der Waals surface area contributed by atoms with E-state index in [0.29, 0.717) is 17.8 Å². The Kier molecular flexibility index (Phi) is 5.73. The Morgan fingerprint density at radius 3 is 2.68 bits per heavy atom. The van der Waals surface area contributed by atoms with E-state index in [0.717, 1.165) is 18.5 Å². The molecule has 5 heteroatoms. The zero-order valence-electron chi connectivity index (χ0n) is 12.4. The number of nitrogens with zero attached hydrogens (tertiary/aromatic N) is 2.